The molecule has 2 saturated carbocycles. The average molecular weight is 195 g/mol. The van der Waals surface area contributed by atoms with Crippen LogP contribution in [-0.4, -0.2) is 17.0 Å². The Kier molecular flexibility index (Phi) is 1.69. The van der Waals surface area contributed by atoms with E-state index in [1.165, 1.54) is 12.8 Å². The summed E-state index contributed by atoms with van der Waals surface area (Å²) < 4.78 is 4.82. The Labute approximate surface area is 77.0 Å². The van der Waals surface area contributed by atoms with Crippen LogP contribution in [0.3, 0.4) is 0 Å². The van der Waals surface area contributed by atoms with Gasteiger partial charge in [0, 0.05) is 13.0 Å². The zero-order valence-electron chi connectivity index (χ0n) is 6.57. The van der Waals surface area contributed by atoms with E-state index in [-0.39, 0.29) is 5.60 Å². The van der Waals surface area contributed by atoms with Crippen LogP contribution < -0.4 is 0 Å². The van der Waals surface area contributed by atoms with Crippen molar-refractivity contribution in [2.75, 3.05) is 7.11 Å². The minimum Gasteiger partial charge on any atom is -0.375 e. The second-order valence-electron chi connectivity index (χ2n) is 3.51. The molecule has 2 fully saturated rings. The summed E-state index contributed by atoms with van der Waals surface area (Å²) in [6.07, 6.45) is 4.60. The van der Waals surface area contributed by atoms with Gasteiger partial charge in [0.15, 0.2) is 4.33 Å². The summed E-state index contributed by atoms with van der Waals surface area (Å²) in [5.41, 5.74) is -0.186. The van der Waals surface area contributed by atoms with Crippen LogP contribution in [0.15, 0.2) is 0 Å². The van der Waals surface area contributed by atoms with E-state index < -0.39 is 4.33 Å². The van der Waals surface area contributed by atoms with Crippen molar-refractivity contribution in [3.63, 3.8) is 0 Å². The Bertz CT molecular complexity index is 181. The van der Waals surface area contributed by atoms with Gasteiger partial charge in [-0.2, -0.15) is 0 Å². The maximum atomic E-state index is 6.11. The molecule has 2 unspecified atom stereocenters. The third-order valence-electron chi connectivity index (χ3n) is 3.14. The molecule has 0 N–H and O–H groups in total. The van der Waals surface area contributed by atoms with Gasteiger partial charge in [-0.1, -0.05) is 36.0 Å². The molecular weight excluding hydrogens is 183 g/mol. The molecule has 2 atom stereocenters. The van der Waals surface area contributed by atoms with E-state index in [1.54, 1.807) is 7.11 Å². The summed E-state index contributed by atoms with van der Waals surface area (Å²) in [7, 11) is 1.71. The van der Waals surface area contributed by atoms with Gasteiger partial charge >= 0.3 is 0 Å². The zero-order chi connectivity index (χ0) is 8.11. The third kappa shape index (κ3) is 0.824. The Balaban J connectivity index is 2.20. The number of rotatable bonds is 1. The molecule has 11 heavy (non-hydrogen) atoms. The van der Waals surface area contributed by atoms with E-state index in [1.807, 2.05) is 0 Å². The smallest absolute Gasteiger partial charge is 0.153 e. The molecular formula is C8H12Cl2O. The Hall–Kier alpha value is 0.540. The second-order valence-corrected chi connectivity index (χ2v) is 4.90. The Morgan fingerprint density at radius 2 is 2.09 bits per heavy atom. The molecule has 0 aromatic rings. The molecule has 3 heteroatoms. The number of fused-ring (bicyclic) bond motifs is 1. The number of methoxy groups -OCH3 is 1. The lowest BCUT2D eigenvalue weighted by atomic mass is 9.98. The normalized spacial score (nSPS) is 46.6. The van der Waals surface area contributed by atoms with Gasteiger partial charge in [-0.3, -0.25) is 0 Å². The fourth-order valence-electron chi connectivity index (χ4n) is 2.38. The first-order valence-electron chi connectivity index (χ1n) is 4.08. The van der Waals surface area contributed by atoms with Crippen molar-refractivity contribution in [3.8, 4) is 0 Å². The molecule has 2 rings (SSSR count). The first-order valence-corrected chi connectivity index (χ1v) is 4.84. The highest BCUT2D eigenvalue weighted by Crippen LogP contribution is 2.70. The van der Waals surface area contributed by atoms with Gasteiger partial charge in [0.2, 0.25) is 0 Å². The van der Waals surface area contributed by atoms with Gasteiger partial charge in [0.05, 0.1) is 0 Å². The summed E-state index contributed by atoms with van der Waals surface area (Å²) in [5.74, 6) is 0.386. The summed E-state index contributed by atoms with van der Waals surface area (Å²) >= 11 is 12.2. The lowest BCUT2D eigenvalue weighted by molar-refractivity contribution is 0.0426. The molecule has 0 spiro atoms. The Morgan fingerprint density at radius 3 is 2.55 bits per heavy atom. The van der Waals surface area contributed by atoms with Gasteiger partial charge < -0.3 is 4.74 Å². The first-order chi connectivity index (χ1) is 5.15. The highest BCUT2D eigenvalue weighted by Gasteiger charge is 2.76. The molecule has 0 saturated heterocycles. The minimum atomic E-state index is -0.585. The zero-order valence-corrected chi connectivity index (χ0v) is 8.08. The fraction of sp³-hybridized carbons (Fsp3) is 1.00. The van der Waals surface area contributed by atoms with E-state index in [0.29, 0.717) is 5.92 Å². The SMILES string of the molecule is COC12CCCCC1C2(Cl)Cl. The van der Waals surface area contributed by atoms with Gasteiger partial charge in [-0.25, -0.2) is 0 Å². The van der Waals surface area contributed by atoms with E-state index in [2.05, 4.69) is 0 Å². The van der Waals surface area contributed by atoms with Crippen LogP contribution in [0.1, 0.15) is 25.7 Å². The molecule has 0 bridgehead atoms. The second kappa shape index (κ2) is 2.27. The van der Waals surface area contributed by atoms with Crippen LogP contribution in [0.2, 0.25) is 0 Å². The molecule has 1 nitrogen and oxygen atoms in total. The van der Waals surface area contributed by atoms with Crippen LogP contribution in [0, 0.1) is 5.92 Å². The molecule has 0 aromatic carbocycles. The molecule has 64 valence electrons. The first kappa shape index (κ1) is 8.15. The largest absolute Gasteiger partial charge is 0.375 e. The van der Waals surface area contributed by atoms with Crippen molar-refractivity contribution >= 4 is 23.2 Å². The standard InChI is InChI=1S/C8H12Cl2O/c1-11-7-5-3-2-4-6(7)8(7,9)10/h6H,2-5H2,1H3. The van der Waals surface area contributed by atoms with Crippen molar-refractivity contribution in [2.24, 2.45) is 5.92 Å². The highest BCUT2D eigenvalue weighted by molar-refractivity contribution is 6.52. The summed E-state index contributed by atoms with van der Waals surface area (Å²) in [5, 5.41) is 0. The summed E-state index contributed by atoms with van der Waals surface area (Å²) in [6, 6.07) is 0. The molecule has 2 aliphatic rings. The third-order valence-corrected chi connectivity index (χ3v) is 4.30. The molecule has 0 aromatic heterocycles. The predicted molar refractivity (Wildman–Crippen MR) is 46.1 cm³/mol. The van der Waals surface area contributed by atoms with Crippen LogP contribution in [0.5, 0.6) is 0 Å². The van der Waals surface area contributed by atoms with Crippen molar-refractivity contribution in [3.05, 3.63) is 0 Å². The van der Waals surface area contributed by atoms with Gasteiger partial charge in [0.25, 0.3) is 0 Å². The number of hydrogen-bond donors (Lipinski definition) is 0. The topological polar surface area (TPSA) is 9.23 Å². The van der Waals surface area contributed by atoms with E-state index in [4.69, 9.17) is 27.9 Å². The summed E-state index contributed by atoms with van der Waals surface area (Å²) in [6.45, 7) is 0. The minimum absolute atomic E-state index is 0.186. The molecule has 0 amide bonds. The Morgan fingerprint density at radius 1 is 1.36 bits per heavy atom. The fourth-order valence-corrected chi connectivity index (χ4v) is 3.45. The number of halogens is 2. The predicted octanol–water partition coefficient (Wildman–Crippen LogP) is 2.75. The molecule has 2 aliphatic carbocycles. The summed E-state index contributed by atoms with van der Waals surface area (Å²) in [4.78, 5) is 0. The van der Waals surface area contributed by atoms with Crippen LogP contribution in [0.25, 0.3) is 0 Å². The maximum absolute atomic E-state index is 6.11. The van der Waals surface area contributed by atoms with E-state index >= 15 is 0 Å². The van der Waals surface area contributed by atoms with Crippen LogP contribution >= 0.6 is 23.2 Å². The van der Waals surface area contributed by atoms with Crippen molar-refractivity contribution in [2.45, 2.75) is 35.6 Å². The van der Waals surface area contributed by atoms with Crippen LogP contribution in [-0.2, 0) is 4.74 Å². The lowest BCUT2D eigenvalue weighted by Gasteiger charge is -2.19. The molecule has 0 aliphatic heterocycles. The van der Waals surface area contributed by atoms with E-state index in [0.717, 1.165) is 12.8 Å². The van der Waals surface area contributed by atoms with Gasteiger partial charge in [0.1, 0.15) is 5.60 Å². The maximum Gasteiger partial charge on any atom is 0.153 e. The van der Waals surface area contributed by atoms with E-state index in [9.17, 15) is 0 Å². The lowest BCUT2D eigenvalue weighted by Crippen LogP contribution is -2.22. The number of hydrogen-bond acceptors (Lipinski definition) is 1. The molecule has 0 radical (unpaired) electrons. The van der Waals surface area contributed by atoms with Crippen LogP contribution in [0.4, 0.5) is 0 Å². The van der Waals surface area contributed by atoms with Crippen molar-refractivity contribution in [1.29, 1.82) is 0 Å². The van der Waals surface area contributed by atoms with Gasteiger partial charge in [-0.15, -0.1) is 0 Å². The monoisotopic (exact) mass is 194 g/mol. The molecule has 0 heterocycles. The quantitative estimate of drug-likeness (QED) is 0.584. The number of ether oxygens (including phenoxy) is 1. The number of alkyl halides is 2. The van der Waals surface area contributed by atoms with Crippen molar-refractivity contribution in [1.82, 2.24) is 0 Å². The average Bonchev–Trinajstić information content (AvgIpc) is 2.52. The highest BCUT2D eigenvalue weighted by atomic mass is 35.5. The van der Waals surface area contributed by atoms with Gasteiger partial charge in [-0.05, 0) is 12.8 Å². The van der Waals surface area contributed by atoms with Crippen molar-refractivity contribution < 1.29 is 4.74 Å².